The molecule has 1 heterocycles. The minimum absolute atomic E-state index is 0.0612. The Hall–Kier alpha value is -1.86. The average Bonchev–Trinajstić information content (AvgIpc) is 2.91. The van der Waals surface area contributed by atoms with Crippen molar-refractivity contribution < 1.29 is 14.6 Å². The quantitative estimate of drug-likeness (QED) is 0.616. The highest BCUT2D eigenvalue weighted by molar-refractivity contribution is 8.15. The third kappa shape index (κ3) is 4.57. The molecule has 1 saturated heterocycles. The molecule has 1 aliphatic rings. The van der Waals surface area contributed by atoms with Gasteiger partial charge in [-0.2, -0.15) is 5.10 Å². The number of nitrogens with one attached hydrogen (secondary N) is 1. The van der Waals surface area contributed by atoms with Gasteiger partial charge < -0.3 is 15.2 Å². The van der Waals surface area contributed by atoms with Crippen LogP contribution in [0.3, 0.4) is 0 Å². The Labute approximate surface area is 127 Å². The summed E-state index contributed by atoms with van der Waals surface area (Å²) in [5.41, 5.74) is 1.52. The van der Waals surface area contributed by atoms with Crippen LogP contribution in [-0.2, 0) is 11.4 Å². The zero-order valence-electron chi connectivity index (χ0n) is 11.7. The molecule has 21 heavy (non-hydrogen) atoms. The third-order valence-electron chi connectivity index (χ3n) is 2.66. The summed E-state index contributed by atoms with van der Waals surface area (Å²) in [5.74, 6) is 1.00. The van der Waals surface area contributed by atoms with E-state index in [4.69, 9.17) is 4.74 Å². The van der Waals surface area contributed by atoms with Crippen molar-refractivity contribution in [2.45, 2.75) is 20.0 Å². The largest absolute Gasteiger partial charge is 0.493 e. The molecule has 2 N–H and O–H groups in total. The van der Waals surface area contributed by atoms with E-state index >= 15 is 0 Å². The lowest BCUT2D eigenvalue weighted by Gasteiger charge is -2.09. The number of carbonyl (C=O) groups excluding carboxylic acids is 1. The number of thioether (sulfide) groups is 1. The first kappa shape index (κ1) is 15.5. The number of ether oxygens (including phenoxy) is 1. The van der Waals surface area contributed by atoms with E-state index in [1.54, 1.807) is 12.3 Å². The fourth-order valence-corrected chi connectivity index (χ4v) is 2.31. The van der Waals surface area contributed by atoms with Crippen LogP contribution in [0.1, 0.15) is 24.5 Å². The van der Waals surface area contributed by atoms with Gasteiger partial charge in [-0.25, -0.2) is 0 Å². The second-order valence-corrected chi connectivity index (χ2v) is 5.32. The van der Waals surface area contributed by atoms with Gasteiger partial charge in [-0.3, -0.25) is 4.79 Å². The molecule has 6 nitrogen and oxygen atoms in total. The van der Waals surface area contributed by atoms with Crippen LogP contribution in [0.2, 0.25) is 0 Å². The lowest BCUT2D eigenvalue weighted by Crippen LogP contribution is -2.19. The molecule has 112 valence electrons. The van der Waals surface area contributed by atoms with Crippen molar-refractivity contribution >= 4 is 29.1 Å². The van der Waals surface area contributed by atoms with Crippen LogP contribution in [0.15, 0.2) is 28.4 Å². The Bertz CT molecular complexity index is 573. The van der Waals surface area contributed by atoms with Gasteiger partial charge in [0.05, 0.1) is 25.2 Å². The molecular weight excluding hydrogens is 290 g/mol. The fourth-order valence-electron chi connectivity index (χ4n) is 1.68. The molecule has 2 rings (SSSR count). The number of benzene rings is 1. The van der Waals surface area contributed by atoms with Crippen molar-refractivity contribution in [1.29, 1.82) is 0 Å². The van der Waals surface area contributed by atoms with Crippen molar-refractivity contribution in [3.63, 3.8) is 0 Å². The number of hydrogen-bond donors (Lipinski definition) is 2. The monoisotopic (exact) mass is 307 g/mol. The van der Waals surface area contributed by atoms with Crippen molar-refractivity contribution in [2.75, 3.05) is 12.4 Å². The summed E-state index contributed by atoms with van der Waals surface area (Å²) in [4.78, 5) is 11.0. The molecule has 0 radical (unpaired) electrons. The molecule has 1 aliphatic heterocycles. The summed E-state index contributed by atoms with van der Waals surface area (Å²) in [7, 11) is 0. The van der Waals surface area contributed by atoms with E-state index in [9.17, 15) is 9.90 Å². The van der Waals surface area contributed by atoms with Crippen LogP contribution in [0.5, 0.6) is 5.75 Å². The highest BCUT2D eigenvalue weighted by Crippen LogP contribution is 2.20. The van der Waals surface area contributed by atoms with Crippen LogP contribution in [0, 0.1) is 0 Å². The van der Waals surface area contributed by atoms with Crippen LogP contribution >= 0.6 is 11.8 Å². The molecule has 1 aromatic rings. The van der Waals surface area contributed by atoms with Crippen molar-refractivity contribution in [2.24, 2.45) is 10.2 Å². The summed E-state index contributed by atoms with van der Waals surface area (Å²) >= 11 is 1.32. The number of hydrogen-bond acceptors (Lipinski definition) is 6. The summed E-state index contributed by atoms with van der Waals surface area (Å²) in [6.45, 7) is 2.55. The Morgan fingerprint density at radius 2 is 2.38 bits per heavy atom. The fraction of sp³-hybridized carbons (Fsp3) is 0.357. The maximum absolute atomic E-state index is 11.0. The Kier molecular flexibility index (Phi) is 5.77. The molecule has 1 aromatic carbocycles. The minimum Gasteiger partial charge on any atom is -0.493 e. The number of aliphatic hydroxyl groups excluding tert-OH is 1. The summed E-state index contributed by atoms with van der Waals surface area (Å²) in [6, 6.07) is 5.45. The van der Waals surface area contributed by atoms with Crippen molar-refractivity contribution in [1.82, 2.24) is 5.32 Å². The van der Waals surface area contributed by atoms with Gasteiger partial charge in [0.2, 0.25) is 5.91 Å². The first-order valence-electron chi connectivity index (χ1n) is 6.63. The molecule has 0 bridgehead atoms. The zero-order chi connectivity index (χ0) is 15.1. The number of aliphatic hydroxyl groups is 1. The van der Waals surface area contributed by atoms with E-state index in [2.05, 4.69) is 15.5 Å². The molecule has 0 aliphatic carbocycles. The number of amidine groups is 1. The van der Waals surface area contributed by atoms with Gasteiger partial charge in [-0.15, -0.1) is 5.10 Å². The van der Waals surface area contributed by atoms with Gasteiger partial charge in [0.15, 0.2) is 5.17 Å². The summed E-state index contributed by atoms with van der Waals surface area (Å²) in [6.07, 6.45) is 2.48. The van der Waals surface area contributed by atoms with Crippen LogP contribution in [0.4, 0.5) is 0 Å². The zero-order valence-corrected chi connectivity index (χ0v) is 12.5. The van der Waals surface area contributed by atoms with Gasteiger partial charge in [0.1, 0.15) is 5.75 Å². The maximum atomic E-state index is 11.0. The predicted octanol–water partition coefficient (Wildman–Crippen LogP) is 1.52. The van der Waals surface area contributed by atoms with E-state index in [0.717, 1.165) is 12.0 Å². The highest BCUT2D eigenvalue weighted by atomic mass is 32.2. The van der Waals surface area contributed by atoms with Crippen LogP contribution < -0.4 is 10.1 Å². The standard InChI is InChI=1S/C14H17N3O3S/c1-2-5-20-12-4-3-10(6-11(12)8-18)7-15-17-14-16-13(19)9-21-14/h3-4,6-7,18H,2,5,8-9H2,1H3,(H,16,17,19). The van der Waals surface area contributed by atoms with Gasteiger partial charge in [-0.1, -0.05) is 18.7 Å². The van der Waals surface area contributed by atoms with Gasteiger partial charge in [-0.05, 0) is 30.2 Å². The molecular formula is C14H17N3O3S. The molecule has 0 unspecified atom stereocenters. The molecule has 0 aromatic heterocycles. The van der Waals surface area contributed by atoms with E-state index in [-0.39, 0.29) is 12.5 Å². The molecule has 0 spiro atoms. The highest BCUT2D eigenvalue weighted by Gasteiger charge is 2.15. The van der Waals surface area contributed by atoms with Crippen LogP contribution in [0.25, 0.3) is 0 Å². The van der Waals surface area contributed by atoms with E-state index in [1.165, 1.54) is 11.8 Å². The second kappa shape index (κ2) is 7.80. The Morgan fingerprint density at radius 1 is 1.52 bits per heavy atom. The Balaban J connectivity index is 2.04. The number of carbonyl (C=O) groups is 1. The van der Waals surface area contributed by atoms with Gasteiger partial charge in [0.25, 0.3) is 0 Å². The topological polar surface area (TPSA) is 83.3 Å². The number of rotatable bonds is 6. The van der Waals surface area contributed by atoms with Crippen molar-refractivity contribution in [3.8, 4) is 5.75 Å². The van der Waals surface area contributed by atoms with Gasteiger partial charge >= 0.3 is 0 Å². The van der Waals surface area contributed by atoms with Crippen molar-refractivity contribution in [3.05, 3.63) is 29.3 Å². The molecule has 7 heteroatoms. The van der Waals surface area contributed by atoms with E-state index < -0.39 is 0 Å². The molecule has 1 amide bonds. The van der Waals surface area contributed by atoms with Gasteiger partial charge in [0, 0.05) is 5.56 Å². The minimum atomic E-state index is -0.0961. The number of nitrogens with zero attached hydrogens (tertiary/aromatic N) is 2. The lowest BCUT2D eigenvalue weighted by molar-refractivity contribution is -0.116. The molecule has 0 atom stereocenters. The first-order chi connectivity index (χ1) is 10.2. The van der Waals surface area contributed by atoms with E-state index in [0.29, 0.717) is 28.8 Å². The molecule has 0 saturated carbocycles. The maximum Gasteiger partial charge on any atom is 0.236 e. The third-order valence-corrected chi connectivity index (χ3v) is 3.52. The van der Waals surface area contributed by atoms with Crippen LogP contribution in [-0.4, -0.2) is 34.8 Å². The molecule has 1 fully saturated rings. The average molecular weight is 307 g/mol. The summed E-state index contributed by atoms with van der Waals surface area (Å²) in [5, 5.41) is 20.3. The predicted molar refractivity (Wildman–Crippen MR) is 83.8 cm³/mol. The van der Waals surface area contributed by atoms with E-state index in [1.807, 2.05) is 19.1 Å². The lowest BCUT2D eigenvalue weighted by atomic mass is 10.1. The Morgan fingerprint density at radius 3 is 3.05 bits per heavy atom. The normalized spacial score (nSPS) is 16.7. The number of amides is 1. The summed E-state index contributed by atoms with van der Waals surface area (Å²) < 4.78 is 5.55. The second-order valence-electron chi connectivity index (χ2n) is 4.36. The SMILES string of the molecule is CCCOc1ccc(C=NN=C2NC(=O)CS2)cc1CO. The smallest absolute Gasteiger partial charge is 0.236 e. The first-order valence-corrected chi connectivity index (χ1v) is 7.61.